The van der Waals surface area contributed by atoms with Crippen LogP contribution in [0.4, 0.5) is 0 Å². The van der Waals surface area contributed by atoms with Crippen LogP contribution < -0.4 is 4.74 Å². The molecular weight excluding hydrogens is 482 g/mol. The van der Waals surface area contributed by atoms with Crippen LogP contribution in [0.25, 0.3) is 0 Å². The van der Waals surface area contributed by atoms with Crippen molar-refractivity contribution in [3.05, 3.63) is 99.1 Å². The number of carboxylic acids is 2. The third kappa shape index (κ3) is 5.57. The van der Waals surface area contributed by atoms with Crippen molar-refractivity contribution in [1.29, 1.82) is 0 Å². The number of rotatable bonds is 11. The minimum Gasteiger partial charge on any atom is -0.489 e. The van der Waals surface area contributed by atoms with Gasteiger partial charge in [0, 0.05) is 11.5 Å². The Balaban J connectivity index is 1.42. The summed E-state index contributed by atoms with van der Waals surface area (Å²) in [4.78, 5) is 28.4. The van der Waals surface area contributed by atoms with Gasteiger partial charge in [-0.1, -0.05) is 29.4 Å². The van der Waals surface area contributed by atoms with Crippen LogP contribution in [0.5, 0.6) is 5.75 Å². The molecule has 2 saturated carbocycles. The Labute approximate surface area is 221 Å². The van der Waals surface area contributed by atoms with E-state index >= 15 is 0 Å². The normalized spacial score (nSPS) is 15.3. The van der Waals surface area contributed by atoms with Crippen LogP contribution in [-0.2, 0) is 17.9 Å². The van der Waals surface area contributed by atoms with E-state index < -0.39 is 11.9 Å². The number of oxime groups is 1. The second kappa shape index (κ2) is 10.7. The van der Waals surface area contributed by atoms with Crippen LogP contribution in [0.15, 0.2) is 59.8 Å². The molecule has 2 aliphatic carbocycles. The monoisotopic (exact) mass is 513 g/mol. The first kappa shape index (κ1) is 25.5. The number of hydrogen-bond donors (Lipinski definition) is 2. The smallest absolute Gasteiger partial charge is 0.336 e. The van der Waals surface area contributed by atoms with Gasteiger partial charge in [-0.05, 0) is 103 Å². The third-order valence-electron chi connectivity index (χ3n) is 7.29. The Morgan fingerprint density at radius 3 is 2.32 bits per heavy atom. The Morgan fingerprint density at radius 2 is 1.68 bits per heavy atom. The predicted molar refractivity (Wildman–Crippen MR) is 143 cm³/mol. The summed E-state index contributed by atoms with van der Waals surface area (Å²) in [7, 11) is 1.57. The van der Waals surface area contributed by atoms with Crippen molar-refractivity contribution >= 4 is 17.7 Å². The number of ether oxygens (including phenoxy) is 1. The molecule has 0 unspecified atom stereocenters. The summed E-state index contributed by atoms with van der Waals surface area (Å²) in [6.07, 6.45) is 4.88. The quantitative estimate of drug-likeness (QED) is 0.234. The highest BCUT2D eigenvalue weighted by atomic mass is 16.6. The molecule has 7 nitrogen and oxygen atoms in total. The summed E-state index contributed by atoms with van der Waals surface area (Å²) in [6, 6.07) is 16.5. The molecule has 2 aliphatic rings. The van der Waals surface area contributed by atoms with Gasteiger partial charge in [0.05, 0.1) is 16.8 Å². The molecule has 0 bridgehead atoms. The fraction of sp³-hybridized carbons (Fsp3) is 0.323. The SMILES string of the molecule is CON=C(c1ccc(OCc2c(Cc3ccc(C(=O)O)cc3C(=O)O)cccc2C2CC2)c(C)c1)C1CC1. The van der Waals surface area contributed by atoms with Crippen molar-refractivity contribution < 1.29 is 29.4 Å². The highest BCUT2D eigenvalue weighted by Gasteiger charge is 2.30. The van der Waals surface area contributed by atoms with Crippen LogP contribution in [-0.4, -0.2) is 35.0 Å². The van der Waals surface area contributed by atoms with Crippen LogP contribution in [0.1, 0.15) is 85.7 Å². The van der Waals surface area contributed by atoms with Gasteiger partial charge in [0.25, 0.3) is 0 Å². The number of hydrogen-bond acceptors (Lipinski definition) is 5. The third-order valence-corrected chi connectivity index (χ3v) is 7.29. The van der Waals surface area contributed by atoms with Gasteiger partial charge in [0.2, 0.25) is 0 Å². The van der Waals surface area contributed by atoms with Crippen molar-refractivity contribution in [3.63, 3.8) is 0 Å². The molecule has 0 atom stereocenters. The number of aromatic carboxylic acids is 2. The fourth-order valence-corrected chi connectivity index (χ4v) is 4.98. The van der Waals surface area contributed by atoms with E-state index in [4.69, 9.17) is 9.57 Å². The number of benzene rings is 3. The molecular formula is C31H31NO6. The van der Waals surface area contributed by atoms with Gasteiger partial charge in [0.15, 0.2) is 0 Å². The molecule has 0 spiro atoms. The van der Waals surface area contributed by atoms with Gasteiger partial charge in [-0.25, -0.2) is 9.59 Å². The lowest BCUT2D eigenvalue weighted by molar-refractivity contribution is 0.0695. The average molecular weight is 514 g/mol. The highest BCUT2D eigenvalue weighted by Crippen LogP contribution is 2.43. The topological polar surface area (TPSA) is 105 Å². The molecule has 0 aliphatic heterocycles. The first-order chi connectivity index (χ1) is 18.4. The van der Waals surface area contributed by atoms with E-state index in [1.54, 1.807) is 13.2 Å². The van der Waals surface area contributed by atoms with E-state index in [-0.39, 0.29) is 11.1 Å². The lowest BCUT2D eigenvalue weighted by Gasteiger charge is -2.18. The Kier molecular flexibility index (Phi) is 7.18. The average Bonchev–Trinajstić information content (AvgIpc) is 3.81. The lowest BCUT2D eigenvalue weighted by atomic mass is 9.91. The molecule has 0 radical (unpaired) electrons. The van der Waals surface area contributed by atoms with Crippen LogP contribution >= 0.6 is 0 Å². The van der Waals surface area contributed by atoms with Crippen molar-refractivity contribution in [3.8, 4) is 5.75 Å². The molecule has 3 aromatic rings. The molecule has 7 heteroatoms. The summed E-state index contributed by atoms with van der Waals surface area (Å²) >= 11 is 0. The molecule has 0 heterocycles. The minimum absolute atomic E-state index is 0.00390. The maximum Gasteiger partial charge on any atom is 0.336 e. The van der Waals surface area contributed by atoms with Gasteiger partial charge >= 0.3 is 11.9 Å². The molecule has 196 valence electrons. The van der Waals surface area contributed by atoms with E-state index in [0.29, 0.717) is 30.4 Å². The van der Waals surface area contributed by atoms with E-state index in [1.165, 1.54) is 17.7 Å². The first-order valence-corrected chi connectivity index (χ1v) is 12.9. The van der Waals surface area contributed by atoms with Crippen molar-refractivity contribution in [2.45, 2.75) is 51.6 Å². The Bertz CT molecular complexity index is 1420. The second-order valence-electron chi connectivity index (χ2n) is 10.1. The van der Waals surface area contributed by atoms with Crippen molar-refractivity contribution in [2.75, 3.05) is 7.11 Å². The molecule has 2 N–H and O–H groups in total. The largest absolute Gasteiger partial charge is 0.489 e. The highest BCUT2D eigenvalue weighted by molar-refractivity contribution is 6.03. The fourth-order valence-electron chi connectivity index (χ4n) is 4.98. The summed E-state index contributed by atoms with van der Waals surface area (Å²) in [6.45, 7) is 2.38. The number of carboxylic acid groups (broad SMARTS) is 2. The lowest BCUT2D eigenvalue weighted by Crippen LogP contribution is -2.10. The molecule has 0 saturated heterocycles. The van der Waals surface area contributed by atoms with Crippen molar-refractivity contribution in [2.24, 2.45) is 11.1 Å². The van der Waals surface area contributed by atoms with Gasteiger partial charge in [0.1, 0.15) is 19.5 Å². The summed E-state index contributed by atoms with van der Waals surface area (Å²) in [5.74, 6) is -0.568. The van der Waals surface area contributed by atoms with Gasteiger partial charge in [-0.3, -0.25) is 0 Å². The first-order valence-electron chi connectivity index (χ1n) is 12.9. The standard InChI is InChI=1S/C31H31NO6/c1-18-14-23(29(32-37-2)20-8-9-20)12-13-28(18)38-17-27-21(4-3-5-25(27)19-6-7-19)15-22-10-11-24(30(33)34)16-26(22)31(35)36/h3-5,10-14,16,19-20H,6-9,15,17H2,1-2H3,(H,33,34)(H,35,36). The molecule has 0 aromatic heterocycles. The summed E-state index contributed by atoms with van der Waals surface area (Å²) in [5.41, 5.74) is 6.85. The zero-order valence-corrected chi connectivity index (χ0v) is 21.6. The van der Waals surface area contributed by atoms with E-state index in [0.717, 1.165) is 59.4 Å². The predicted octanol–water partition coefficient (Wildman–Crippen LogP) is 6.20. The summed E-state index contributed by atoms with van der Waals surface area (Å²) < 4.78 is 6.35. The van der Waals surface area contributed by atoms with Crippen LogP contribution in [0.3, 0.4) is 0 Å². The van der Waals surface area contributed by atoms with Gasteiger partial charge in [-0.15, -0.1) is 0 Å². The minimum atomic E-state index is -1.15. The number of nitrogens with zero attached hydrogens (tertiary/aromatic N) is 1. The zero-order valence-electron chi connectivity index (χ0n) is 21.6. The zero-order chi connectivity index (χ0) is 26.8. The Hall–Kier alpha value is -4.13. The molecule has 2 fully saturated rings. The molecule has 0 amide bonds. The van der Waals surface area contributed by atoms with E-state index in [1.807, 2.05) is 31.2 Å². The number of carbonyl (C=O) groups is 2. The number of aryl methyl sites for hydroxylation is 1. The second-order valence-corrected chi connectivity index (χ2v) is 10.1. The van der Waals surface area contributed by atoms with E-state index in [2.05, 4.69) is 17.3 Å². The molecule has 3 aromatic carbocycles. The molecule has 5 rings (SSSR count). The van der Waals surface area contributed by atoms with Crippen LogP contribution in [0.2, 0.25) is 0 Å². The maximum atomic E-state index is 11.9. The van der Waals surface area contributed by atoms with Crippen molar-refractivity contribution in [1.82, 2.24) is 0 Å². The molecule has 38 heavy (non-hydrogen) atoms. The maximum absolute atomic E-state index is 11.9. The van der Waals surface area contributed by atoms with Crippen LogP contribution in [0, 0.1) is 12.8 Å². The Morgan fingerprint density at radius 1 is 0.921 bits per heavy atom. The summed E-state index contributed by atoms with van der Waals surface area (Å²) in [5, 5.41) is 23.3. The van der Waals surface area contributed by atoms with Gasteiger partial charge in [-0.2, -0.15) is 0 Å². The van der Waals surface area contributed by atoms with Gasteiger partial charge < -0.3 is 19.8 Å². The van der Waals surface area contributed by atoms with E-state index in [9.17, 15) is 19.8 Å².